The molecule has 0 amide bonds. The van der Waals surface area contributed by atoms with Crippen LogP contribution in [0.25, 0.3) is 0 Å². The lowest BCUT2D eigenvalue weighted by Gasteiger charge is -2.32. The van der Waals surface area contributed by atoms with E-state index in [9.17, 15) is 35.1 Å². The van der Waals surface area contributed by atoms with Crippen LogP contribution < -0.4 is 0 Å². The molecule has 0 spiro atoms. The zero-order valence-corrected chi connectivity index (χ0v) is 6.65. The molecule has 0 aliphatic heterocycles. The lowest BCUT2D eigenvalue weighted by Crippen LogP contribution is -2.56. The Bertz CT molecular complexity index is 185. The number of alkyl halides is 8. The molecule has 0 rings (SSSR count). The number of halogens is 8. The van der Waals surface area contributed by atoms with Crippen molar-refractivity contribution in [1.82, 2.24) is 0 Å². The molecular weight excluding hydrogens is 224 g/mol. The summed E-state index contributed by atoms with van der Waals surface area (Å²) < 4.78 is 95.6. The van der Waals surface area contributed by atoms with Crippen molar-refractivity contribution in [2.45, 2.75) is 24.2 Å². The second kappa shape index (κ2) is 3.90. The third-order valence-electron chi connectivity index (χ3n) is 1.64. The summed E-state index contributed by atoms with van der Waals surface area (Å²) in [6, 6.07) is 0. The van der Waals surface area contributed by atoms with Gasteiger partial charge in [-0.1, -0.05) is 0 Å². The third kappa shape index (κ3) is 2.09. The van der Waals surface area contributed by atoms with E-state index < -0.39 is 37.5 Å². The SMILES string of the molecule is FCCC(F)(C(F)(F)F)C(F)(F)CF. The van der Waals surface area contributed by atoms with E-state index in [1.807, 2.05) is 0 Å². The van der Waals surface area contributed by atoms with Gasteiger partial charge in [-0.05, 0) is 0 Å². The molecular formula is C6H6F8. The molecule has 0 nitrogen and oxygen atoms in total. The number of hydrogen-bond acceptors (Lipinski definition) is 0. The zero-order valence-electron chi connectivity index (χ0n) is 6.65. The van der Waals surface area contributed by atoms with Crippen LogP contribution in [0.5, 0.6) is 0 Å². The topological polar surface area (TPSA) is 0 Å². The molecule has 0 aromatic heterocycles. The molecule has 8 heteroatoms. The van der Waals surface area contributed by atoms with Crippen LogP contribution in [0, 0.1) is 0 Å². The molecule has 14 heavy (non-hydrogen) atoms. The Labute approximate surface area is 73.9 Å². The van der Waals surface area contributed by atoms with Crippen molar-refractivity contribution in [2.24, 2.45) is 0 Å². The maximum Gasteiger partial charge on any atom is 0.428 e. The van der Waals surface area contributed by atoms with Gasteiger partial charge in [0, 0.05) is 6.42 Å². The van der Waals surface area contributed by atoms with Gasteiger partial charge in [-0.25, -0.2) is 8.78 Å². The first-order valence-corrected chi connectivity index (χ1v) is 3.38. The maximum absolute atomic E-state index is 12.7. The van der Waals surface area contributed by atoms with Crippen LogP contribution in [0.2, 0.25) is 0 Å². The van der Waals surface area contributed by atoms with E-state index >= 15 is 0 Å². The summed E-state index contributed by atoms with van der Waals surface area (Å²) in [7, 11) is 0. The maximum atomic E-state index is 12.7. The number of rotatable bonds is 4. The predicted octanol–water partition coefficient (Wildman–Crippen LogP) is 3.22. The highest BCUT2D eigenvalue weighted by atomic mass is 19.4. The summed E-state index contributed by atoms with van der Waals surface area (Å²) in [5, 5.41) is 0. The van der Waals surface area contributed by atoms with E-state index in [-0.39, 0.29) is 0 Å². The van der Waals surface area contributed by atoms with Crippen LogP contribution in [0.4, 0.5) is 35.1 Å². The third-order valence-corrected chi connectivity index (χ3v) is 1.64. The van der Waals surface area contributed by atoms with Crippen molar-refractivity contribution in [3.05, 3.63) is 0 Å². The van der Waals surface area contributed by atoms with Gasteiger partial charge in [0.25, 0.3) is 5.67 Å². The van der Waals surface area contributed by atoms with Gasteiger partial charge < -0.3 is 0 Å². The lowest BCUT2D eigenvalue weighted by molar-refractivity contribution is -0.307. The molecule has 0 aromatic carbocycles. The van der Waals surface area contributed by atoms with Gasteiger partial charge in [0.15, 0.2) is 6.67 Å². The molecule has 0 aliphatic rings. The van der Waals surface area contributed by atoms with Crippen molar-refractivity contribution in [3.63, 3.8) is 0 Å². The average Bonchev–Trinajstić information content (AvgIpc) is 2.02. The summed E-state index contributed by atoms with van der Waals surface area (Å²) in [5.74, 6) is -5.27. The number of hydrogen-bond donors (Lipinski definition) is 0. The van der Waals surface area contributed by atoms with Gasteiger partial charge in [-0.3, -0.25) is 4.39 Å². The lowest BCUT2D eigenvalue weighted by atomic mass is 9.94. The first-order valence-electron chi connectivity index (χ1n) is 3.38. The molecule has 0 radical (unpaired) electrons. The smallest absolute Gasteiger partial charge is 0.251 e. The molecule has 1 atom stereocenters. The molecule has 0 N–H and O–H groups in total. The first kappa shape index (κ1) is 13.4. The summed E-state index contributed by atoms with van der Waals surface area (Å²) >= 11 is 0. The fourth-order valence-electron chi connectivity index (χ4n) is 0.768. The van der Waals surface area contributed by atoms with Gasteiger partial charge in [0.1, 0.15) is 0 Å². The predicted molar refractivity (Wildman–Crippen MR) is 31.4 cm³/mol. The monoisotopic (exact) mass is 230 g/mol. The molecule has 0 saturated carbocycles. The van der Waals surface area contributed by atoms with Crippen LogP contribution in [0.15, 0.2) is 0 Å². The summed E-state index contributed by atoms with van der Waals surface area (Å²) in [5.41, 5.74) is -5.15. The van der Waals surface area contributed by atoms with Gasteiger partial charge in [0.05, 0.1) is 6.67 Å². The van der Waals surface area contributed by atoms with E-state index in [1.54, 1.807) is 0 Å². The largest absolute Gasteiger partial charge is 0.428 e. The fraction of sp³-hybridized carbons (Fsp3) is 1.00. The molecule has 86 valence electrons. The van der Waals surface area contributed by atoms with Crippen molar-refractivity contribution in [3.8, 4) is 0 Å². The summed E-state index contributed by atoms with van der Waals surface area (Å²) in [6.07, 6.45) is -8.12. The normalized spacial score (nSPS) is 18.0. The Balaban J connectivity index is 5.10. The van der Waals surface area contributed by atoms with E-state index in [4.69, 9.17) is 0 Å². The standard InChI is InChI=1S/C6H6F8/c7-2-1-4(9,6(12,13)14)5(10,11)3-8/h1-3H2. The quantitative estimate of drug-likeness (QED) is 0.650. The van der Waals surface area contributed by atoms with Crippen molar-refractivity contribution in [1.29, 1.82) is 0 Å². The van der Waals surface area contributed by atoms with E-state index in [0.717, 1.165) is 0 Å². The van der Waals surface area contributed by atoms with E-state index in [2.05, 4.69) is 0 Å². The van der Waals surface area contributed by atoms with Gasteiger partial charge in [-0.15, -0.1) is 0 Å². The van der Waals surface area contributed by atoms with Crippen LogP contribution in [-0.4, -0.2) is 31.1 Å². The fourth-order valence-corrected chi connectivity index (χ4v) is 0.768. The van der Waals surface area contributed by atoms with Crippen LogP contribution in [0.3, 0.4) is 0 Å². The Hall–Kier alpha value is -0.560. The van der Waals surface area contributed by atoms with Gasteiger partial charge >= 0.3 is 12.1 Å². The van der Waals surface area contributed by atoms with E-state index in [0.29, 0.717) is 0 Å². The van der Waals surface area contributed by atoms with Crippen LogP contribution in [0.1, 0.15) is 6.42 Å². The molecule has 0 aromatic rings. The molecule has 1 unspecified atom stereocenters. The summed E-state index contributed by atoms with van der Waals surface area (Å²) in [4.78, 5) is 0. The molecule has 0 fully saturated rings. The Morgan fingerprint density at radius 1 is 0.786 bits per heavy atom. The second-order valence-corrected chi connectivity index (χ2v) is 2.58. The molecule has 0 aliphatic carbocycles. The highest BCUT2D eigenvalue weighted by molar-refractivity contribution is 4.99. The highest BCUT2D eigenvalue weighted by Crippen LogP contribution is 2.47. The van der Waals surface area contributed by atoms with Gasteiger partial charge in [0.2, 0.25) is 0 Å². The summed E-state index contributed by atoms with van der Waals surface area (Å²) in [6.45, 7) is -4.78. The van der Waals surface area contributed by atoms with Gasteiger partial charge in [-0.2, -0.15) is 22.0 Å². The van der Waals surface area contributed by atoms with Crippen molar-refractivity contribution < 1.29 is 35.1 Å². The van der Waals surface area contributed by atoms with E-state index in [1.165, 1.54) is 0 Å². The Kier molecular flexibility index (Phi) is 3.74. The first-order chi connectivity index (χ1) is 6.12. The molecule has 0 heterocycles. The second-order valence-electron chi connectivity index (χ2n) is 2.58. The van der Waals surface area contributed by atoms with Crippen LogP contribution >= 0.6 is 0 Å². The highest BCUT2D eigenvalue weighted by Gasteiger charge is 2.70. The Morgan fingerprint density at radius 2 is 1.21 bits per heavy atom. The molecule has 0 bridgehead atoms. The average molecular weight is 230 g/mol. The van der Waals surface area contributed by atoms with Crippen molar-refractivity contribution in [2.75, 3.05) is 13.3 Å². The Morgan fingerprint density at radius 3 is 1.43 bits per heavy atom. The molecule has 0 saturated heterocycles. The zero-order chi connectivity index (χ0) is 11.6. The minimum absolute atomic E-state index is 1.95. The minimum Gasteiger partial charge on any atom is -0.251 e. The minimum atomic E-state index is -6.01. The van der Waals surface area contributed by atoms with Crippen LogP contribution in [-0.2, 0) is 0 Å². The van der Waals surface area contributed by atoms with Crippen molar-refractivity contribution >= 4 is 0 Å².